The van der Waals surface area contributed by atoms with Crippen molar-refractivity contribution in [1.29, 1.82) is 0 Å². The summed E-state index contributed by atoms with van der Waals surface area (Å²) in [5, 5.41) is 0. The maximum absolute atomic E-state index is 5.34. The summed E-state index contributed by atoms with van der Waals surface area (Å²) in [4.78, 5) is 7.49. The van der Waals surface area contributed by atoms with E-state index in [9.17, 15) is 0 Å². The molecule has 0 aliphatic carbocycles. The molecule has 0 saturated carbocycles. The normalized spacial score (nSPS) is 12.5. The number of halogens is 1. The molecule has 0 unspecified atom stereocenters. The van der Waals surface area contributed by atoms with E-state index in [1.807, 2.05) is 22.6 Å². The van der Waals surface area contributed by atoms with E-state index in [4.69, 9.17) is 11.5 Å². The van der Waals surface area contributed by atoms with Gasteiger partial charge in [0, 0.05) is 0 Å². The van der Waals surface area contributed by atoms with Crippen LogP contribution in [0.2, 0.25) is 0 Å². The molecular formula is C6H9IN4. The van der Waals surface area contributed by atoms with Crippen molar-refractivity contribution < 1.29 is 0 Å². The largest absolute Gasteiger partial charge is 0.387 e. The SMILES string of the molecule is C=C=C(I)/N=C(N)\N=C(/C)N. The van der Waals surface area contributed by atoms with E-state index in [0.717, 1.165) is 0 Å². The van der Waals surface area contributed by atoms with Gasteiger partial charge in [0.05, 0.1) is 5.84 Å². The lowest BCUT2D eigenvalue weighted by molar-refractivity contribution is 1.40. The average molecular weight is 264 g/mol. The molecule has 0 aromatic heterocycles. The monoisotopic (exact) mass is 264 g/mol. The summed E-state index contributed by atoms with van der Waals surface area (Å²) in [5.41, 5.74) is 13.1. The summed E-state index contributed by atoms with van der Waals surface area (Å²) in [6.45, 7) is 5.01. The molecule has 0 bridgehead atoms. The van der Waals surface area contributed by atoms with Gasteiger partial charge in [-0.25, -0.2) is 4.99 Å². The Kier molecular flexibility index (Phi) is 4.56. The molecule has 5 heteroatoms. The van der Waals surface area contributed by atoms with Crippen LogP contribution in [0.5, 0.6) is 0 Å². The Morgan fingerprint density at radius 2 is 2.00 bits per heavy atom. The molecule has 0 aliphatic heterocycles. The number of amidine groups is 1. The van der Waals surface area contributed by atoms with Crippen LogP contribution in [-0.2, 0) is 0 Å². The van der Waals surface area contributed by atoms with Gasteiger partial charge in [-0.3, -0.25) is 0 Å². The Bertz CT molecular complexity index is 243. The molecule has 0 amide bonds. The first-order chi connectivity index (χ1) is 5.06. The number of nitrogens with zero attached hydrogens (tertiary/aromatic N) is 2. The lowest BCUT2D eigenvalue weighted by Gasteiger charge is -1.91. The molecule has 0 saturated heterocycles. The standard InChI is InChI=1S/C6H9IN4/c1-3-5(7)11-6(9)10-4(2)8/h1H2,2H3,(H4,8,9,10,11). The first-order valence-electron chi connectivity index (χ1n) is 2.76. The van der Waals surface area contributed by atoms with E-state index in [-0.39, 0.29) is 5.96 Å². The zero-order valence-electron chi connectivity index (χ0n) is 6.13. The molecule has 0 atom stereocenters. The van der Waals surface area contributed by atoms with Gasteiger partial charge in [0.1, 0.15) is 3.70 Å². The number of hydrogen-bond acceptors (Lipinski definition) is 1. The average Bonchev–Trinajstić information content (AvgIpc) is 1.85. The van der Waals surface area contributed by atoms with Crippen LogP contribution in [0.1, 0.15) is 6.92 Å². The van der Waals surface area contributed by atoms with Gasteiger partial charge < -0.3 is 11.5 Å². The highest BCUT2D eigenvalue weighted by molar-refractivity contribution is 14.1. The van der Waals surface area contributed by atoms with Gasteiger partial charge in [0.15, 0.2) is 0 Å². The summed E-state index contributed by atoms with van der Waals surface area (Å²) in [5.74, 6) is 0.491. The molecule has 0 spiro atoms. The first kappa shape index (κ1) is 10.2. The second-order valence-corrected chi connectivity index (χ2v) is 2.71. The molecule has 11 heavy (non-hydrogen) atoms. The van der Waals surface area contributed by atoms with Gasteiger partial charge in [0.25, 0.3) is 0 Å². The van der Waals surface area contributed by atoms with E-state index in [0.29, 0.717) is 9.54 Å². The second kappa shape index (κ2) is 4.92. The number of hydrogen-bond donors (Lipinski definition) is 2. The Labute approximate surface area is 78.9 Å². The summed E-state index contributed by atoms with van der Waals surface area (Å²) in [7, 11) is 0. The molecule has 0 fully saturated rings. The van der Waals surface area contributed by atoms with Crippen LogP contribution in [0.25, 0.3) is 0 Å². The Morgan fingerprint density at radius 1 is 1.45 bits per heavy atom. The van der Waals surface area contributed by atoms with Gasteiger partial charge in [-0.15, -0.1) is 0 Å². The van der Waals surface area contributed by atoms with Gasteiger partial charge in [-0.2, -0.15) is 4.99 Å². The van der Waals surface area contributed by atoms with Crippen molar-refractivity contribution in [1.82, 2.24) is 0 Å². The number of aliphatic imine (C=N–C) groups is 2. The van der Waals surface area contributed by atoms with Gasteiger partial charge in [-0.1, -0.05) is 12.3 Å². The first-order valence-corrected chi connectivity index (χ1v) is 3.84. The predicted octanol–water partition coefficient (Wildman–Crippen LogP) is 0.740. The van der Waals surface area contributed by atoms with Crippen LogP contribution in [0.15, 0.2) is 26.0 Å². The van der Waals surface area contributed by atoms with Gasteiger partial charge >= 0.3 is 0 Å². The number of nitrogens with two attached hydrogens (primary N) is 2. The maximum Gasteiger partial charge on any atom is 0.223 e. The Balaban J connectivity index is 4.48. The fourth-order valence-electron chi connectivity index (χ4n) is 0.346. The van der Waals surface area contributed by atoms with E-state index >= 15 is 0 Å². The van der Waals surface area contributed by atoms with E-state index in [1.165, 1.54) is 0 Å². The van der Waals surface area contributed by atoms with Crippen LogP contribution < -0.4 is 11.5 Å². The van der Waals surface area contributed by atoms with Crippen molar-refractivity contribution in [2.45, 2.75) is 6.92 Å². The summed E-state index contributed by atoms with van der Waals surface area (Å²) >= 11 is 1.93. The summed E-state index contributed by atoms with van der Waals surface area (Å²) < 4.78 is 0.560. The van der Waals surface area contributed by atoms with E-state index in [1.54, 1.807) is 6.92 Å². The van der Waals surface area contributed by atoms with E-state index < -0.39 is 0 Å². The molecule has 0 aromatic rings. The predicted molar refractivity (Wildman–Crippen MR) is 55.6 cm³/mol. The van der Waals surface area contributed by atoms with Crippen molar-refractivity contribution in [3.8, 4) is 0 Å². The minimum atomic E-state index is 0.116. The smallest absolute Gasteiger partial charge is 0.223 e. The van der Waals surface area contributed by atoms with Crippen LogP contribution in [0, 0.1) is 0 Å². The van der Waals surface area contributed by atoms with Crippen LogP contribution in [0.3, 0.4) is 0 Å². The quantitative estimate of drug-likeness (QED) is 0.241. The molecule has 0 rings (SSSR count). The van der Waals surface area contributed by atoms with Crippen molar-refractivity contribution in [3.63, 3.8) is 0 Å². The molecule has 0 aromatic carbocycles. The van der Waals surface area contributed by atoms with Crippen molar-refractivity contribution in [2.24, 2.45) is 21.5 Å². The van der Waals surface area contributed by atoms with E-state index in [2.05, 4.69) is 22.3 Å². The lowest BCUT2D eigenvalue weighted by Crippen LogP contribution is -2.15. The van der Waals surface area contributed by atoms with Crippen LogP contribution in [-0.4, -0.2) is 11.8 Å². The van der Waals surface area contributed by atoms with Gasteiger partial charge in [-0.05, 0) is 29.5 Å². The Morgan fingerprint density at radius 3 is 2.36 bits per heavy atom. The summed E-state index contributed by atoms with van der Waals surface area (Å²) in [6.07, 6.45) is 0. The maximum atomic E-state index is 5.34. The zero-order chi connectivity index (χ0) is 8.85. The molecular weight excluding hydrogens is 255 g/mol. The fourth-order valence-corrected chi connectivity index (χ4v) is 0.593. The van der Waals surface area contributed by atoms with Crippen molar-refractivity contribution in [3.05, 3.63) is 16.0 Å². The number of guanidine groups is 1. The van der Waals surface area contributed by atoms with Gasteiger partial charge in [0.2, 0.25) is 5.96 Å². The van der Waals surface area contributed by atoms with Crippen molar-refractivity contribution in [2.75, 3.05) is 0 Å². The highest BCUT2D eigenvalue weighted by Gasteiger charge is 1.88. The van der Waals surface area contributed by atoms with Crippen LogP contribution in [0.4, 0.5) is 0 Å². The third-order valence-electron chi connectivity index (χ3n) is 0.649. The highest BCUT2D eigenvalue weighted by Crippen LogP contribution is 2.03. The zero-order valence-corrected chi connectivity index (χ0v) is 8.29. The molecule has 0 radical (unpaired) electrons. The topological polar surface area (TPSA) is 76.8 Å². The molecule has 4 N–H and O–H groups in total. The summed E-state index contributed by atoms with van der Waals surface area (Å²) in [6, 6.07) is 0. The molecule has 0 aliphatic rings. The Hall–Kier alpha value is -0.810. The van der Waals surface area contributed by atoms with Crippen LogP contribution >= 0.6 is 22.6 Å². The number of rotatable bonds is 1. The lowest BCUT2D eigenvalue weighted by atomic mass is 10.7. The minimum Gasteiger partial charge on any atom is -0.387 e. The molecule has 0 heterocycles. The molecule has 60 valence electrons. The van der Waals surface area contributed by atoms with Crippen molar-refractivity contribution >= 4 is 34.4 Å². The highest BCUT2D eigenvalue weighted by atomic mass is 127. The third-order valence-corrected chi connectivity index (χ3v) is 1.27. The fraction of sp³-hybridized carbons (Fsp3) is 0.167. The molecule has 4 nitrogen and oxygen atoms in total. The second-order valence-electron chi connectivity index (χ2n) is 1.69. The minimum absolute atomic E-state index is 0.116. The third kappa shape index (κ3) is 5.63.